The van der Waals surface area contributed by atoms with Gasteiger partial charge < -0.3 is 4.74 Å². The number of carbonyl (C=O) groups excluding carboxylic acids is 1. The number of nitrogens with zero attached hydrogens (tertiary/aromatic N) is 3. The maximum absolute atomic E-state index is 9.88. The van der Waals surface area contributed by atoms with Gasteiger partial charge in [0.05, 0.1) is 16.7 Å². The molecular weight excluding hydrogens is 206 g/mol. The number of hydrogen-bond donors (Lipinski definition) is 0. The van der Waals surface area contributed by atoms with E-state index in [1.165, 1.54) is 18.6 Å². The van der Waals surface area contributed by atoms with Crippen molar-refractivity contribution in [2.24, 2.45) is 0 Å². The van der Waals surface area contributed by atoms with Crippen LogP contribution < -0.4 is 0 Å². The van der Waals surface area contributed by atoms with Crippen LogP contribution in [0.25, 0.3) is 0 Å². The Morgan fingerprint density at radius 1 is 1.06 bits per heavy atom. The van der Waals surface area contributed by atoms with Crippen molar-refractivity contribution in [2.75, 3.05) is 0 Å². The fourth-order valence-electron chi connectivity index (χ4n) is 1.19. The van der Waals surface area contributed by atoms with Crippen molar-refractivity contribution in [3.8, 4) is 18.2 Å². The van der Waals surface area contributed by atoms with Gasteiger partial charge in [-0.2, -0.15) is 15.8 Å². The van der Waals surface area contributed by atoms with E-state index in [1.54, 1.807) is 6.07 Å². The summed E-state index contributed by atoms with van der Waals surface area (Å²) in [5, 5.41) is 26.4. The molecule has 0 heterocycles. The molecule has 1 radical (unpaired) electrons. The van der Waals surface area contributed by atoms with E-state index in [-0.39, 0.29) is 23.3 Å². The SMILES string of the molecule is N#Cc1cc(CO[C]=O)cc(C#N)c1C#N. The third-order valence-electron chi connectivity index (χ3n) is 1.85. The van der Waals surface area contributed by atoms with Gasteiger partial charge in [-0.05, 0) is 17.7 Å². The minimum atomic E-state index is -0.0848. The van der Waals surface area contributed by atoms with Crippen LogP contribution in [0, 0.1) is 34.0 Å². The van der Waals surface area contributed by atoms with Crippen molar-refractivity contribution >= 4 is 6.47 Å². The third-order valence-corrected chi connectivity index (χ3v) is 1.85. The Morgan fingerprint density at radius 3 is 2.00 bits per heavy atom. The molecule has 0 aliphatic rings. The highest BCUT2D eigenvalue weighted by Crippen LogP contribution is 2.16. The van der Waals surface area contributed by atoms with Gasteiger partial charge in [-0.3, -0.25) is 0 Å². The van der Waals surface area contributed by atoms with Crippen LogP contribution in [0.1, 0.15) is 22.3 Å². The van der Waals surface area contributed by atoms with E-state index in [0.717, 1.165) is 0 Å². The molecular formula is C11H4N3O2. The van der Waals surface area contributed by atoms with Crippen LogP contribution in [0.3, 0.4) is 0 Å². The molecule has 0 amide bonds. The topological polar surface area (TPSA) is 97.7 Å². The Labute approximate surface area is 91.7 Å². The molecule has 5 nitrogen and oxygen atoms in total. The zero-order valence-electron chi connectivity index (χ0n) is 8.02. The van der Waals surface area contributed by atoms with Gasteiger partial charge in [0, 0.05) is 0 Å². The van der Waals surface area contributed by atoms with E-state index in [1.807, 2.05) is 12.1 Å². The molecule has 0 aliphatic carbocycles. The van der Waals surface area contributed by atoms with E-state index in [2.05, 4.69) is 4.74 Å². The number of hydrogen-bond acceptors (Lipinski definition) is 5. The first kappa shape index (κ1) is 11.2. The lowest BCUT2D eigenvalue weighted by Gasteiger charge is -2.02. The summed E-state index contributed by atoms with van der Waals surface area (Å²) in [5.74, 6) is 0. The standard InChI is InChI=1S/C11H4N3O2/c12-3-9-1-8(6-16-7-15)2-10(4-13)11(9)5-14/h1-2H,6H2. The fourth-order valence-corrected chi connectivity index (χ4v) is 1.19. The lowest BCUT2D eigenvalue weighted by atomic mass is 10.00. The fraction of sp³-hybridized carbons (Fsp3) is 0.0909. The first-order chi connectivity index (χ1) is 7.76. The molecule has 0 aromatic heterocycles. The number of benzene rings is 1. The van der Waals surface area contributed by atoms with E-state index < -0.39 is 0 Å². The lowest BCUT2D eigenvalue weighted by molar-refractivity contribution is 0.267. The summed E-state index contributed by atoms with van der Waals surface area (Å²) >= 11 is 0. The van der Waals surface area contributed by atoms with Crippen molar-refractivity contribution in [3.63, 3.8) is 0 Å². The zero-order valence-corrected chi connectivity index (χ0v) is 8.02. The predicted octanol–water partition coefficient (Wildman–Crippen LogP) is 0.885. The second-order valence-corrected chi connectivity index (χ2v) is 2.77. The minimum absolute atomic E-state index is 0.0313. The van der Waals surface area contributed by atoms with E-state index in [9.17, 15) is 4.79 Å². The summed E-state index contributed by atoms with van der Waals surface area (Å²) in [6.45, 7) is 1.15. The molecule has 16 heavy (non-hydrogen) atoms. The molecule has 0 saturated heterocycles. The van der Waals surface area contributed by atoms with Crippen molar-refractivity contribution in [1.82, 2.24) is 0 Å². The molecule has 5 heteroatoms. The van der Waals surface area contributed by atoms with E-state index in [0.29, 0.717) is 5.56 Å². The molecule has 0 atom stereocenters. The van der Waals surface area contributed by atoms with Crippen LogP contribution >= 0.6 is 0 Å². The predicted molar refractivity (Wildman–Crippen MR) is 51.1 cm³/mol. The lowest BCUT2D eigenvalue weighted by Crippen LogP contribution is -1.96. The molecule has 1 aromatic carbocycles. The van der Waals surface area contributed by atoms with Crippen molar-refractivity contribution in [3.05, 3.63) is 34.4 Å². The molecule has 0 unspecified atom stereocenters. The van der Waals surface area contributed by atoms with Gasteiger partial charge in [0.15, 0.2) is 0 Å². The van der Waals surface area contributed by atoms with Gasteiger partial charge in [-0.25, -0.2) is 4.79 Å². The van der Waals surface area contributed by atoms with Crippen molar-refractivity contribution in [2.45, 2.75) is 6.61 Å². The van der Waals surface area contributed by atoms with Crippen molar-refractivity contribution < 1.29 is 9.53 Å². The van der Waals surface area contributed by atoms with Crippen molar-refractivity contribution in [1.29, 1.82) is 15.8 Å². The second kappa shape index (κ2) is 5.14. The Kier molecular flexibility index (Phi) is 3.61. The van der Waals surface area contributed by atoms with Gasteiger partial charge in [0.25, 0.3) is 0 Å². The minimum Gasteiger partial charge on any atom is -0.452 e. The number of ether oxygens (including phenoxy) is 1. The van der Waals surface area contributed by atoms with E-state index >= 15 is 0 Å². The van der Waals surface area contributed by atoms with Crippen LogP contribution in [0.4, 0.5) is 0 Å². The Hall–Kier alpha value is -2.84. The van der Waals surface area contributed by atoms with Crippen LogP contribution in [-0.4, -0.2) is 6.47 Å². The van der Waals surface area contributed by atoms with Gasteiger partial charge in [-0.15, -0.1) is 0 Å². The summed E-state index contributed by atoms with van der Waals surface area (Å²) in [6, 6.07) is 8.21. The summed E-state index contributed by atoms with van der Waals surface area (Å²) < 4.78 is 4.38. The third kappa shape index (κ3) is 2.15. The molecule has 0 saturated carbocycles. The normalized spacial score (nSPS) is 8.31. The highest BCUT2D eigenvalue weighted by atomic mass is 16.5. The van der Waals surface area contributed by atoms with Crippen LogP contribution in [-0.2, 0) is 16.1 Å². The maximum Gasteiger partial charge on any atom is 0.417 e. The van der Waals surface area contributed by atoms with Gasteiger partial charge >= 0.3 is 6.47 Å². The summed E-state index contributed by atoms with van der Waals surface area (Å²) in [4.78, 5) is 9.88. The first-order valence-electron chi connectivity index (χ1n) is 4.13. The van der Waals surface area contributed by atoms with Crippen LogP contribution in [0.15, 0.2) is 12.1 Å². The van der Waals surface area contributed by atoms with Crippen LogP contribution in [0.5, 0.6) is 0 Å². The highest BCUT2D eigenvalue weighted by molar-refractivity contribution is 5.56. The Balaban J connectivity index is 3.30. The number of rotatable bonds is 3. The summed E-state index contributed by atoms with van der Waals surface area (Å²) in [7, 11) is 0. The van der Waals surface area contributed by atoms with Gasteiger partial charge in [0.2, 0.25) is 0 Å². The molecule has 0 aliphatic heterocycles. The monoisotopic (exact) mass is 210 g/mol. The zero-order chi connectivity index (χ0) is 12.0. The largest absolute Gasteiger partial charge is 0.452 e. The van der Waals surface area contributed by atoms with Crippen LogP contribution in [0.2, 0.25) is 0 Å². The molecule has 1 aromatic rings. The van der Waals surface area contributed by atoms with Gasteiger partial charge in [0.1, 0.15) is 24.8 Å². The molecule has 0 bridgehead atoms. The average Bonchev–Trinajstić information content (AvgIpc) is 2.34. The van der Waals surface area contributed by atoms with E-state index in [4.69, 9.17) is 15.8 Å². The first-order valence-corrected chi connectivity index (χ1v) is 4.13. The second-order valence-electron chi connectivity index (χ2n) is 2.77. The Bertz CT molecular complexity index is 509. The molecule has 75 valence electrons. The Morgan fingerprint density at radius 2 is 1.62 bits per heavy atom. The maximum atomic E-state index is 9.88. The highest BCUT2D eigenvalue weighted by Gasteiger charge is 2.10. The molecule has 0 spiro atoms. The molecule has 0 N–H and O–H groups in total. The number of nitriles is 3. The molecule has 0 fully saturated rings. The summed E-state index contributed by atoms with van der Waals surface area (Å²) in [5.41, 5.74) is 0.677. The van der Waals surface area contributed by atoms with Gasteiger partial charge in [-0.1, -0.05) is 0 Å². The summed E-state index contributed by atoms with van der Waals surface area (Å²) in [6.07, 6.45) is 0. The quantitative estimate of drug-likeness (QED) is 0.737. The molecule has 1 rings (SSSR count). The smallest absolute Gasteiger partial charge is 0.417 e. The average molecular weight is 210 g/mol.